The van der Waals surface area contributed by atoms with E-state index in [0.717, 1.165) is 16.8 Å². The summed E-state index contributed by atoms with van der Waals surface area (Å²) in [6.45, 7) is 4.09. The van der Waals surface area contributed by atoms with Crippen molar-refractivity contribution in [2.24, 2.45) is 5.92 Å². The summed E-state index contributed by atoms with van der Waals surface area (Å²) < 4.78 is 14.9. The van der Waals surface area contributed by atoms with Gasteiger partial charge in [0.15, 0.2) is 0 Å². The van der Waals surface area contributed by atoms with Crippen LogP contribution in [0.15, 0.2) is 60.7 Å². The van der Waals surface area contributed by atoms with Crippen molar-refractivity contribution < 1.29 is 14.0 Å². The number of benzene rings is 3. The van der Waals surface area contributed by atoms with Crippen LogP contribution in [0, 0.1) is 25.6 Å². The van der Waals surface area contributed by atoms with Crippen molar-refractivity contribution in [1.29, 1.82) is 0 Å². The van der Waals surface area contributed by atoms with Crippen LogP contribution in [-0.4, -0.2) is 29.3 Å². The molecule has 1 saturated heterocycles. The fraction of sp³-hybridized carbons (Fsp3) is 0.375. The Bertz CT molecular complexity index is 1330. The molecular formula is C32H35ClFN3O2. The fourth-order valence-corrected chi connectivity index (χ4v) is 6.13. The van der Waals surface area contributed by atoms with E-state index in [2.05, 4.69) is 10.6 Å². The van der Waals surface area contributed by atoms with E-state index in [1.54, 1.807) is 30.0 Å². The zero-order chi connectivity index (χ0) is 27.5. The van der Waals surface area contributed by atoms with E-state index >= 15 is 0 Å². The van der Waals surface area contributed by atoms with E-state index in [-0.39, 0.29) is 17.4 Å². The number of hydrogen-bond acceptors (Lipinski definition) is 3. The summed E-state index contributed by atoms with van der Waals surface area (Å²) in [5.74, 6) is -1.63. The Kier molecular flexibility index (Phi) is 8.22. The SMILES string of the molecule is Cc1ccc(NC(=O)[C@H]2CCCN(C(=O)c3c(C)cccc3F)C2c2ccc(NC3CCCC3)cc2)cc1Cl. The van der Waals surface area contributed by atoms with Gasteiger partial charge in [-0.3, -0.25) is 9.59 Å². The van der Waals surface area contributed by atoms with Crippen molar-refractivity contribution in [1.82, 2.24) is 4.90 Å². The molecule has 2 N–H and O–H groups in total. The van der Waals surface area contributed by atoms with Crippen LogP contribution in [0.2, 0.25) is 5.02 Å². The second-order valence-corrected chi connectivity index (χ2v) is 11.2. The average Bonchev–Trinajstić information content (AvgIpc) is 3.44. The third-order valence-electron chi connectivity index (χ3n) is 8.08. The highest BCUT2D eigenvalue weighted by atomic mass is 35.5. The fourth-order valence-electron chi connectivity index (χ4n) is 5.94. The van der Waals surface area contributed by atoms with E-state index in [4.69, 9.17) is 11.6 Å². The highest BCUT2D eigenvalue weighted by molar-refractivity contribution is 6.31. The molecule has 1 unspecified atom stereocenters. The Balaban J connectivity index is 1.47. The monoisotopic (exact) mass is 547 g/mol. The van der Waals surface area contributed by atoms with Crippen LogP contribution in [0.5, 0.6) is 0 Å². The summed E-state index contributed by atoms with van der Waals surface area (Å²) in [7, 11) is 0. The van der Waals surface area contributed by atoms with Gasteiger partial charge in [0.25, 0.3) is 5.91 Å². The molecule has 3 aromatic rings. The van der Waals surface area contributed by atoms with E-state index in [9.17, 15) is 14.0 Å². The van der Waals surface area contributed by atoms with Crippen LogP contribution >= 0.6 is 11.6 Å². The quantitative estimate of drug-likeness (QED) is 0.332. The number of carbonyl (C=O) groups excluding carboxylic acids is 2. The lowest BCUT2D eigenvalue weighted by molar-refractivity contribution is -0.123. The number of aryl methyl sites for hydroxylation is 2. The number of carbonyl (C=O) groups is 2. The average molecular weight is 548 g/mol. The van der Waals surface area contributed by atoms with Gasteiger partial charge in [0.05, 0.1) is 17.5 Å². The molecule has 0 radical (unpaired) electrons. The number of hydrogen-bond donors (Lipinski definition) is 2. The Morgan fingerprint density at radius 2 is 1.62 bits per heavy atom. The van der Waals surface area contributed by atoms with Crippen LogP contribution in [0.4, 0.5) is 15.8 Å². The number of nitrogens with zero attached hydrogens (tertiary/aromatic N) is 1. The van der Waals surface area contributed by atoms with Crippen molar-refractivity contribution in [2.75, 3.05) is 17.2 Å². The molecule has 0 spiro atoms. The number of halogens is 2. The lowest BCUT2D eigenvalue weighted by Gasteiger charge is -2.41. The highest BCUT2D eigenvalue weighted by Gasteiger charge is 2.40. The van der Waals surface area contributed by atoms with Crippen LogP contribution in [-0.2, 0) is 4.79 Å². The van der Waals surface area contributed by atoms with Gasteiger partial charge in [-0.2, -0.15) is 0 Å². The summed E-state index contributed by atoms with van der Waals surface area (Å²) in [5.41, 5.74) is 4.06. The molecule has 1 heterocycles. The summed E-state index contributed by atoms with van der Waals surface area (Å²) in [6, 6.07) is 18.1. The standard InChI is InChI=1S/C32H35ClFN3O2/c1-20-12-15-25(19-27(20)33)36-31(38)26-10-6-18-37(32(39)29-21(2)7-5-11-28(29)34)30(26)22-13-16-24(17-14-22)35-23-8-3-4-9-23/h5,7,11-17,19,23,26,30,35H,3-4,6,8-10,18H2,1-2H3,(H,36,38)/t26-,30?/m0/s1. The van der Waals surface area contributed by atoms with E-state index in [1.807, 2.05) is 43.3 Å². The predicted molar refractivity (Wildman–Crippen MR) is 155 cm³/mol. The second-order valence-electron chi connectivity index (χ2n) is 10.8. The van der Waals surface area contributed by atoms with E-state index < -0.39 is 17.8 Å². The van der Waals surface area contributed by atoms with Gasteiger partial charge >= 0.3 is 0 Å². The molecule has 0 aromatic heterocycles. The number of likely N-dealkylation sites (tertiary alicyclic amines) is 1. The van der Waals surface area contributed by atoms with Crippen LogP contribution < -0.4 is 10.6 Å². The molecule has 7 heteroatoms. The van der Waals surface area contributed by atoms with Crippen molar-refractivity contribution in [3.05, 3.63) is 93.8 Å². The first-order chi connectivity index (χ1) is 18.8. The van der Waals surface area contributed by atoms with E-state index in [0.29, 0.717) is 41.7 Å². The minimum Gasteiger partial charge on any atom is -0.382 e. The Morgan fingerprint density at radius 1 is 0.897 bits per heavy atom. The molecule has 5 rings (SSSR count). The highest BCUT2D eigenvalue weighted by Crippen LogP contribution is 2.39. The number of nitrogens with one attached hydrogen (secondary N) is 2. The van der Waals surface area contributed by atoms with Gasteiger partial charge in [0.2, 0.25) is 5.91 Å². The van der Waals surface area contributed by atoms with Crippen molar-refractivity contribution in [3.8, 4) is 0 Å². The number of amides is 2. The van der Waals surface area contributed by atoms with Gasteiger partial charge in [0, 0.05) is 29.0 Å². The summed E-state index contributed by atoms with van der Waals surface area (Å²) in [6.07, 6.45) is 6.07. The summed E-state index contributed by atoms with van der Waals surface area (Å²) in [5, 5.41) is 7.19. The maximum absolute atomic E-state index is 14.9. The molecule has 204 valence electrons. The molecule has 1 saturated carbocycles. The first kappa shape index (κ1) is 27.2. The first-order valence-electron chi connectivity index (χ1n) is 13.8. The molecule has 1 aliphatic heterocycles. The molecule has 2 amide bonds. The van der Waals surface area contributed by atoms with Crippen LogP contribution in [0.25, 0.3) is 0 Å². The smallest absolute Gasteiger partial charge is 0.257 e. The minimum absolute atomic E-state index is 0.0633. The topological polar surface area (TPSA) is 61.4 Å². The van der Waals surface area contributed by atoms with Crippen molar-refractivity contribution >= 4 is 34.8 Å². The lowest BCUT2D eigenvalue weighted by Crippen LogP contribution is -2.46. The molecule has 39 heavy (non-hydrogen) atoms. The van der Waals surface area contributed by atoms with Gasteiger partial charge in [-0.1, -0.05) is 54.8 Å². The van der Waals surface area contributed by atoms with Gasteiger partial charge in [-0.15, -0.1) is 0 Å². The largest absolute Gasteiger partial charge is 0.382 e. The molecule has 2 atom stereocenters. The van der Waals surface area contributed by atoms with Crippen LogP contribution in [0.1, 0.15) is 71.6 Å². The van der Waals surface area contributed by atoms with Gasteiger partial charge in [-0.05, 0) is 86.6 Å². The Morgan fingerprint density at radius 3 is 2.31 bits per heavy atom. The third kappa shape index (κ3) is 5.96. The number of rotatable bonds is 6. The molecule has 2 fully saturated rings. The maximum atomic E-state index is 14.9. The summed E-state index contributed by atoms with van der Waals surface area (Å²) in [4.78, 5) is 29.2. The molecule has 5 nitrogen and oxygen atoms in total. The van der Waals surface area contributed by atoms with E-state index in [1.165, 1.54) is 31.7 Å². The Hall–Kier alpha value is -3.38. The molecule has 2 aliphatic rings. The van der Waals surface area contributed by atoms with Crippen LogP contribution in [0.3, 0.4) is 0 Å². The number of piperidine rings is 1. The van der Waals surface area contributed by atoms with Gasteiger partial charge < -0.3 is 15.5 Å². The molecular weight excluding hydrogens is 513 g/mol. The zero-order valence-corrected chi connectivity index (χ0v) is 23.2. The van der Waals surface area contributed by atoms with Gasteiger partial charge in [-0.25, -0.2) is 4.39 Å². The zero-order valence-electron chi connectivity index (χ0n) is 22.5. The normalized spacial score (nSPS) is 19.6. The predicted octanol–water partition coefficient (Wildman–Crippen LogP) is 7.68. The summed E-state index contributed by atoms with van der Waals surface area (Å²) >= 11 is 6.30. The second kappa shape index (κ2) is 11.8. The molecule has 3 aromatic carbocycles. The lowest BCUT2D eigenvalue weighted by atomic mass is 9.83. The molecule has 1 aliphatic carbocycles. The van der Waals surface area contributed by atoms with Crippen molar-refractivity contribution in [2.45, 2.75) is 64.5 Å². The molecule has 0 bridgehead atoms. The van der Waals surface area contributed by atoms with Gasteiger partial charge in [0.1, 0.15) is 5.82 Å². The number of anilines is 2. The minimum atomic E-state index is -0.546. The van der Waals surface area contributed by atoms with Crippen molar-refractivity contribution in [3.63, 3.8) is 0 Å². The third-order valence-corrected chi connectivity index (χ3v) is 8.49. The first-order valence-corrected chi connectivity index (χ1v) is 14.2. The maximum Gasteiger partial charge on any atom is 0.257 e. The Labute approximate surface area is 234 Å².